The van der Waals surface area contributed by atoms with E-state index < -0.39 is 0 Å². The summed E-state index contributed by atoms with van der Waals surface area (Å²) in [5, 5.41) is 0. The zero-order chi connectivity index (χ0) is 11.9. The molecular weight excluding hydrogens is 218 g/mol. The summed E-state index contributed by atoms with van der Waals surface area (Å²) in [5.74, 6) is 0. The van der Waals surface area contributed by atoms with E-state index in [4.69, 9.17) is 19.9 Å². The minimum absolute atomic E-state index is 0.0292. The highest BCUT2D eigenvalue weighted by molar-refractivity contribution is 5.16. The molecular formula is C13H19NO3. The molecule has 4 heteroatoms. The molecule has 0 atom stereocenters. The SMILES string of the molecule is NCCCOC1COC(c2ccccc2)OC1. The standard InChI is InChI=1S/C13H19NO3/c14-7-4-8-15-12-9-16-13(17-10-12)11-5-2-1-3-6-11/h1-3,5-6,12-13H,4,7-10,14H2. The maximum Gasteiger partial charge on any atom is 0.184 e. The second kappa shape index (κ2) is 6.71. The van der Waals surface area contributed by atoms with Crippen molar-refractivity contribution in [1.82, 2.24) is 0 Å². The van der Waals surface area contributed by atoms with Crippen molar-refractivity contribution in [2.24, 2.45) is 5.73 Å². The van der Waals surface area contributed by atoms with Crippen molar-refractivity contribution < 1.29 is 14.2 Å². The van der Waals surface area contributed by atoms with Crippen LogP contribution in [-0.2, 0) is 14.2 Å². The summed E-state index contributed by atoms with van der Waals surface area (Å²) in [6.07, 6.45) is 0.644. The Morgan fingerprint density at radius 3 is 2.53 bits per heavy atom. The van der Waals surface area contributed by atoms with Crippen molar-refractivity contribution in [3.8, 4) is 0 Å². The molecule has 1 heterocycles. The van der Waals surface area contributed by atoms with E-state index in [2.05, 4.69) is 0 Å². The number of ether oxygens (including phenoxy) is 3. The molecule has 1 aromatic carbocycles. The highest BCUT2D eigenvalue weighted by Crippen LogP contribution is 2.23. The van der Waals surface area contributed by atoms with Crippen molar-refractivity contribution in [2.45, 2.75) is 18.8 Å². The fraction of sp³-hybridized carbons (Fsp3) is 0.538. The normalized spacial score (nSPS) is 24.8. The van der Waals surface area contributed by atoms with Gasteiger partial charge in [-0.15, -0.1) is 0 Å². The molecule has 0 radical (unpaired) electrons. The molecule has 1 aliphatic heterocycles. The number of benzene rings is 1. The molecule has 4 nitrogen and oxygen atoms in total. The van der Waals surface area contributed by atoms with Crippen LogP contribution in [0.5, 0.6) is 0 Å². The van der Waals surface area contributed by atoms with Crippen LogP contribution in [0.4, 0.5) is 0 Å². The van der Waals surface area contributed by atoms with Gasteiger partial charge >= 0.3 is 0 Å². The lowest BCUT2D eigenvalue weighted by Crippen LogP contribution is -2.34. The first-order chi connectivity index (χ1) is 8.40. The third-order valence-electron chi connectivity index (χ3n) is 2.64. The van der Waals surface area contributed by atoms with Gasteiger partial charge in [0, 0.05) is 12.2 Å². The molecule has 1 fully saturated rings. The van der Waals surface area contributed by atoms with Gasteiger partial charge in [-0.3, -0.25) is 0 Å². The van der Waals surface area contributed by atoms with Gasteiger partial charge in [0.25, 0.3) is 0 Å². The maximum absolute atomic E-state index is 5.63. The number of rotatable bonds is 5. The summed E-state index contributed by atoms with van der Waals surface area (Å²) in [5.41, 5.74) is 6.45. The van der Waals surface area contributed by atoms with E-state index in [1.165, 1.54) is 0 Å². The van der Waals surface area contributed by atoms with E-state index in [1.54, 1.807) is 0 Å². The van der Waals surface area contributed by atoms with Crippen molar-refractivity contribution >= 4 is 0 Å². The van der Waals surface area contributed by atoms with Gasteiger partial charge in [-0.25, -0.2) is 0 Å². The van der Waals surface area contributed by atoms with Crippen LogP contribution in [0.2, 0.25) is 0 Å². The lowest BCUT2D eigenvalue weighted by Gasteiger charge is -2.29. The van der Waals surface area contributed by atoms with Crippen LogP contribution in [-0.4, -0.2) is 32.5 Å². The van der Waals surface area contributed by atoms with Crippen LogP contribution in [0.1, 0.15) is 18.3 Å². The van der Waals surface area contributed by atoms with Crippen LogP contribution < -0.4 is 5.73 Å². The lowest BCUT2D eigenvalue weighted by atomic mass is 10.2. The molecule has 0 spiro atoms. The van der Waals surface area contributed by atoms with Crippen molar-refractivity contribution in [2.75, 3.05) is 26.4 Å². The topological polar surface area (TPSA) is 53.7 Å². The smallest absolute Gasteiger partial charge is 0.184 e. The minimum atomic E-state index is -0.259. The molecule has 1 aliphatic rings. The van der Waals surface area contributed by atoms with Gasteiger partial charge in [0.05, 0.1) is 13.2 Å². The van der Waals surface area contributed by atoms with Gasteiger partial charge in [0.15, 0.2) is 6.29 Å². The average Bonchev–Trinajstić information content (AvgIpc) is 2.41. The summed E-state index contributed by atoms with van der Waals surface area (Å²) in [6.45, 7) is 2.47. The summed E-state index contributed by atoms with van der Waals surface area (Å²) in [7, 11) is 0. The first-order valence-corrected chi connectivity index (χ1v) is 6.00. The molecule has 0 aliphatic carbocycles. The Labute approximate surface area is 102 Å². The van der Waals surface area contributed by atoms with Gasteiger partial charge in [-0.1, -0.05) is 30.3 Å². The molecule has 0 saturated carbocycles. The van der Waals surface area contributed by atoms with Crippen LogP contribution >= 0.6 is 0 Å². The van der Waals surface area contributed by atoms with Crippen molar-refractivity contribution in [1.29, 1.82) is 0 Å². The zero-order valence-electron chi connectivity index (χ0n) is 9.88. The van der Waals surface area contributed by atoms with Gasteiger partial charge in [0.2, 0.25) is 0 Å². The third-order valence-corrected chi connectivity index (χ3v) is 2.64. The highest BCUT2D eigenvalue weighted by Gasteiger charge is 2.23. The van der Waals surface area contributed by atoms with Gasteiger partial charge in [-0.05, 0) is 13.0 Å². The Bertz CT molecular complexity index is 310. The second-order valence-corrected chi connectivity index (χ2v) is 4.04. The van der Waals surface area contributed by atoms with Gasteiger partial charge < -0.3 is 19.9 Å². The molecule has 2 rings (SSSR count). The Hall–Kier alpha value is -0.940. The number of hydrogen-bond acceptors (Lipinski definition) is 4. The van der Waals surface area contributed by atoms with E-state index in [9.17, 15) is 0 Å². The Morgan fingerprint density at radius 2 is 1.88 bits per heavy atom. The van der Waals surface area contributed by atoms with Crippen LogP contribution in [0, 0.1) is 0 Å². The molecule has 2 N–H and O–H groups in total. The summed E-state index contributed by atoms with van der Waals surface area (Å²) in [4.78, 5) is 0. The van der Waals surface area contributed by atoms with Crippen molar-refractivity contribution in [3.05, 3.63) is 35.9 Å². The Morgan fingerprint density at radius 1 is 1.18 bits per heavy atom. The predicted octanol–water partition coefficient (Wildman–Crippen LogP) is 1.47. The summed E-state index contributed by atoms with van der Waals surface area (Å²) < 4.78 is 16.8. The fourth-order valence-corrected chi connectivity index (χ4v) is 1.72. The first-order valence-electron chi connectivity index (χ1n) is 6.00. The molecule has 1 saturated heterocycles. The predicted molar refractivity (Wildman–Crippen MR) is 64.5 cm³/mol. The van der Waals surface area contributed by atoms with Crippen LogP contribution in [0.3, 0.4) is 0 Å². The largest absolute Gasteiger partial charge is 0.373 e. The Kier molecular flexibility index (Phi) is 4.94. The van der Waals surface area contributed by atoms with Crippen LogP contribution in [0.15, 0.2) is 30.3 Å². The number of nitrogens with two attached hydrogens (primary N) is 1. The van der Waals surface area contributed by atoms with E-state index >= 15 is 0 Å². The molecule has 0 unspecified atom stereocenters. The fourth-order valence-electron chi connectivity index (χ4n) is 1.72. The summed E-state index contributed by atoms with van der Waals surface area (Å²) >= 11 is 0. The quantitative estimate of drug-likeness (QED) is 0.788. The van der Waals surface area contributed by atoms with E-state index in [-0.39, 0.29) is 12.4 Å². The van der Waals surface area contributed by atoms with Gasteiger partial charge in [-0.2, -0.15) is 0 Å². The van der Waals surface area contributed by atoms with E-state index in [0.717, 1.165) is 12.0 Å². The van der Waals surface area contributed by atoms with E-state index in [1.807, 2.05) is 30.3 Å². The molecule has 0 amide bonds. The minimum Gasteiger partial charge on any atom is -0.373 e. The number of hydrogen-bond donors (Lipinski definition) is 1. The maximum atomic E-state index is 5.63. The molecule has 1 aromatic rings. The van der Waals surface area contributed by atoms with Crippen molar-refractivity contribution in [3.63, 3.8) is 0 Å². The lowest BCUT2D eigenvalue weighted by molar-refractivity contribution is -0.230. The van der Waals surface area contributed by atoms with E-state index in [0.29, 0.717) is 26.4 Å². The third kappa shape index (κ3) is 3.78. The average molecular weight is 237 g/mol. The zero-order valence-corrected chi connectivity index (χ0v) is 9.88. The molecule has 17 heavy (non-hydrogen) atoms. The highest BCUT2D eigenvalue weighted by atomic mass is 16.7. The molecule has 94 valence electrons. The monoisotopic (exact) mass is 237 g/mol. The van der Waals surface area contributed by atoms with Crippen LogP contribution in [0.25, 0.3) is 0 Å². The molecule has 0 aromatic heterocycles. The first kappa shape index (κ1) is 12.5. The second-order valence-electron chi connectivity index (χ2n) is 4.04. The molecule has 0 bridgehead atoms. The Balaban J connectivity index is 1.74. The van der Waals surface area contributed by atoms with Gasteiger partial charge in [0.1, 0.15) is 6.10 Å². The summed E-state index contributed by atoms with van der Waals surface area (Å²) in [6, 6.07) is 9.93.